The summed E-state index contributed by atoms with van der Waals surface area (Å²) in [4.78, 5) is 68.7. The Balaban J connectivity index is 0.000000298. The van der Waals surface area contributed by atoms with Crippen molar-refractivity contribution < 1.29 is 87.8 Å². The zero-order valence-electron chi connectivity index (χ0n) is 49.3. The molecule has 0 spiro atoms. The van der Waals surface area contributed by atoms with Crippen LogP contribution in [0.1, 0.15) is 126 Å². The van der Waals surface area contributed by atoms with E-state index in [4.69, 9.17) is 33.2 Å². The highest BCUT2D eigenvalue weighted by Crippen LogP contribution is 2.51. The molecular formula is C58H89N3O18S. The van der Waals surface area contributed by atoms with Crippen molar-refractivity contribution in [2.75, 3.05) is 27.8 Å². The molecule has 21 nitrogen and oxygen atoms in total. The first-order chi connectivity index (χ1) is 37.2. The van der Waals surface area contributed by atoms with E-state index in [1.54, 1.807) is 61.5 Å². The van der Waals surface area contributed by atoms with Crippen molar-refractivity contribution >= 4 is 52.1 Å². The molecule has 0 aliphatic carbocycles. The smallest absolute Gasteiger partial charge is 0.327 e. The third kappa shape index (κ3) is 13.2. The number of nitrogens with zero attached hydrogens (tertiary/aromatic N) is 2. The summed E-state index contributed by atoms with van der Waals surface area (Å²) in [7, 11) is 5.18. The van der Waals surface area contributed by atoms with E-state index in [2.05, 4.69) is 5.32 Å². The standard InChI is InChI=1S/C37H67NO13.C21H22N2O5S/c1-14-25-37(10,45)30(41)20(4)27(39)18(2)16-35(8,44)32(51-34-28(40)24(38(11)12)15-19(3)47-34)21(5)29(22(6)33(43)49-25)50-26-17-36(9,46-13)31(42)23(7)48-26;1-4-28-13-10-9-11-7-5-6-8-12(11)14(13)17(24)22-15-18(25)23-16(20(26)27)21(2,3)29-19(15)23/h18-26,28-32,34,40-42,44-45H,14-17H2,1-13H3;5-10,15-16,19H,4H2,1-3H3,(H,22,24)(H,26,27)/t18-,19-,20+,21+,22-,23+,24+,25-,26+,28-,29+,30-,31+,32-,34+,35-,36-,37-;15-,16+,19-/m11/s1. The van der Waals surface area contributed by atoms with Crippen LogP contribution in [0.2, 0.25) is 0 Å². The fourth-order valence-corrected chi connectivity index (χ4v) is 14.2. The highest BCUT2D eigenvalue weighted by atomic mass is 32.2. The number of amides is 2. The number of Topliss-reactive ketones (excluding diaryl/α,β-unsaturated/α-hetero) is 1. The summed E-state index contributed by atoms with van der Waals surface area (Å²) in [6.07, 6.45) is -9.71. The average molecular weight is 1150 g/mol. The number of nitrogens with one attached hydrogen (secondary N) is 1. The van der Waals surface area contributed by atoms with Gasteiger partial charge >= 0.3 is 11.9 Å². The van der Waals surface area contributed by atoms with Gasteiger partial charge in [0, 0.05) is 42.1 Å². The van der Waals surface area contributed by atoms with Crippen LogP contribution >= 0.6 is 11.8 Å². The largest absolute Gasteiger partial charge is 0.493 e. The van der Waals surface area contributed by atoms with Crippen molar-refractivity contribution in [3.63, 3.8) is 0 Å². The molecule has 5 heterocycles. The number of carboxylic acid groups (broad SMARTS) is 1. The number of esters is 1. The lowest BCUT2D eigenvalue weighted by Gasteiger charge is -2.49. The molecule has 80 heavy (non-hydrogen) atoms. The minimum atomic E-state index is -1.99. The minimum absolute atomic E-state index is 0.0936. The predicted molar refractivity (Wildman–Crippen MR) is 296 cm³/mol. The van der Waals surface area contributed by atoms with Crippen molar-refractivity contribution in [1.29, 1.82) is 0 Å². The van der Waals surface area contributed by atoms with E-state index in [9.17, 15) is 54.6 Å². The van der Waals surface area contributed by atoms with Crippen LogP contribution in [0.15, 0.2) is 36.4 Å². The first-order valence-corrected chi connectivity index (χ1v) is 28.8. The monoisotopic (exact) mass is 1150 g/mol. The Kier molecular flexibility index (Phi) is 20.7. The quantitative estimate of drug-likeness (QED) is 0.115. The lowest BCUT2D eigenvalue weighted by Crippen LogP contribution is -2.70. The number of aliphatic hydroxyl groups is 5. The van der Waals surface area contributed by atoms with Crippen molar-refractivity contribution in [2.24, 2.45) is 23.7 Å². The number of ketones is 1. The van der Waals surface area contributed by atoms with Gasteiger partial charge in [-0.3, -0.25) is 19.2 Å². The lowest BCUT2D eigenvalue weighted by molar-refractivity contribution is -0.318. The Labute approximate surface area is 474 Å². The van der Waals surface area contributed by atoms with Crippen LogP contribution < -0.4 is 10.1 Å². The number of ether oxygens (including phenoxy) is 7. The summed E-state index contributed by atoms with van der Waals surface area (Å²) in [5.74, 6) is -6.33. The summed E-state index contributed by atoms with van der Waals surface area (Å²) < 4.78 is 42.1. The number of methoxy groups -OCH3 is 1. The van der Waals surface area contributed by atoms with Gasteiger partial charge in [-0.1, -0.05) is 58.0 Å². The minimum Gasteiger partial charge on any atom is -0.493 e. The van der Waals surface area contributed by atoms with Gasteiger partial charge in [-0.15, -0.1) is 11.8 Å². The first-order valence-electron chi connectivity index (χ1n) is 27.9. The van der Waals surface area contributed by atoms with Crippen LogP contribution in [0.3, 0.4) is 0 Å². The Hall–Kier alpha value is -4.04. The van der Waals surface area contributed by atoms with E-state index < -0.39 is 142 Å². The van der Waals surface area contributed by atoms with Gasteiger partial charge in [0.05, 0.1) is 59.8 Å². The number of thioether (sulfide) groups is 1. The molecule has 5 aliphatic heterocycles. The van der Waals surface area contributed by atoms with E-state index in [1.165, 1.54) is 44.5 Å². The zero-order chi connectivity index (χ0) is 59.9. The maximum absolute atomic E-state index is 14.1. The molecule has 450 valence electrons. The Morgan fingerprint density at radius 3 is 2.12 bits per heavy atom. The van der Waals surface area contributed by atoms with E-state index in [0.29, 0.717) is 24.3 Å². The molecule has 0 unspecified atom stereocenters. The molecule has 0 saturated carbocycles. The number of β-lactam (4-membered cyclic amide) rings is 1. The molecule has 0 bridgehead atoms. The van der Waals surface area contributed by atoms with Crippen molar-refractivity contribution in [1.82, 2.24) is 15.1 Å². The predicted octanol–water partition coefficient (Wildman–Crippen LogP) is 4.27. The zero-order valence-corrected chi connectivity index (χ0v) is 50.1. The molecular weight excluding hydrogens is 1060 g/mol. The number of hydrogen-bond acceptors (Lipinski definition) is 19. The van der Waals surface area contributed by atoms with Crippen LogP contribution in [0.5, 0.6) is 5.75 Å². The number of hydrogen-bond donors (Lipinski definition) is 7. The number of carbonyl (C=O) groups is 5. The second-order valence-corrected chi connectivity index (χ2v) is 25.9. The van der Waals surface area contributed by atoms with Crippen LogP contribution in [0, 0.1) is 23.7 Å². The molecule has 5 saturated heterocycles. The second kappa shape index (κ2) is 25.4. The Bertz CT molecular complexity index is 2530. The first kappa shape index (κ1) is 65.1. The number of carbonyl (C=O) groups excluding carboxylic acids is 4. The normalized spacial score (nSPS) is 40.7. The fourth-order valence-electron chi connectivity index (χ4n) is 12.5. The Morgan fingerprint density at radius 1 is 0.875 bits per heavy atom. The van der Waals surface area contributed by atoms with Gasteiger partial charge in [-0.2, -0.15) is 0 Å². The fraction of sp³-hybridized carbons (Fsp3) is 0.741. The van der Waals surface area contributed by atoms with Crippen molar-refractivity contribution in [3.05, 3.63) is 42.0 Å². The number of cyclic esters (lactones) is 1. The topological polar surface area (TPSA) is 290 Å². The molecule has 5 fully saturated rings. The third-order valence-electron chi connectivity index (χ3n) is 17.2. The van der Waals surface area contributed by atoms with Crippen LogP contribution in [0.4, 0.5) is 0 Å². The van der Waals surface area contributed by atoms with Gasteiger partial charge in [0.1, 0.15) is 52.9 Å². The second-order valence-electron chi connectivity index (χ2n) is 24.1. The molecule has 7 rings (SSSR count). The van der Waals surface area contributed by atoms with Gasteiger partial charge in [0.2, 0.25) is 5.91 Å². The van der Waals surface area contributed by atoms with Gasteiger partial charge in [-0.05, 0) is 113 Å². The number of rotatable bonds is 12. The van der Waals surface area contributed by atoms with E-state index in [0.717, 1.165) is 10.8 Å². The molecule has 0 radical (unpaired) electrons. The summed E-state index contributed by atoms with van der Waals surface area (Å²) >= 11 is 1.40. The third-order valence-corrected chi connectivity index (χ3v) is 18.8. The highest BCUT2D eigenvalue weighted by molar-refractivity contribution is 8.01. The van der Waals surface area contributed by atoms with Gasteiger partial charge in [-0.25, -0.2) is 4.79 Å². The maximum Gasteiger partial charge on any atom is 0.327 e. The van der Waals surface area contributed by atoms with Crippen molar-refractivity contribution in [2.45, 2.75) is 222 Å². The molecule has 21 atom stereocenters. The molecule has 22 heteroatoms. The number of aliphatic carboxylic acids is 1. The SMILES string of the molecule is CCOc1ccc2ccccc2c1C(=O)N[C@@H]1C(=O)N2[C@@H]1SC(C)(C)[C@@H]2C(=O)O.CC[C@H]1OC(=O)[C@H](C)[C@@H](O[C@H]2C[C@@](C)(OC)[C@@H](O)[C@H](C)O2)[C@H](C)[C@@H](O[C@@H]2O[C@H](C)C[C@H](N(C)C)[C@H]2O)[C@](C)(O)C[C@@H](C)C(=O)[C@H](C)[C@@H](O)[C@]1(C)O. The maximum atomic E-state index is 14.1. The molecule has 5 aliphatic rings. The van der Waals surface area contributed by atoms with Crippen LogP contribution in [-0.4, -0.2) is 204 Å². The average Bonchev–Trinajstić information content (AvgIpc) is 3.66. The van der Waals surface area contributed by atoms with Crippen LogP contribution in [0.25, 0.3) is 10.8 Å². The number of fused-ring (bicyclic) bond motifs is 2. The molecule has 0 aromatic heterocycles. The number of likely N-dealkylation sites (N-methyl/N-ethyl adjacent to an activating group) is 1. The van der Waals surface area contributed by atoms with E-state index >= 15 is 0 Å². The van der Waals surface area contributed by atoms with Gasteiger partial charge in [0.15, 0.2) is 12.6 Å². The Morgan fingerprint density at radius 2 is 1.52 bits per heavy atom. The lowest BCUT2D eigenvalue weighted by atomic mass is 9.74. The summed E-state index contributed by atoms with van der Waals surface area (Å²) in [6, 6.07) is 9.14. The molecule has 2 aromatic carbocycles. The molecule has 7 N–H and O–H groups in total. The van der Waals surface area contributed by atoms with E-state index in [-0.39, 0.29) is 37.3 Å². The number of benzene rings is 2. The highest BCUT2D eigenvalue weighted by Gasteiger charge is 2.64. The summed E-state index contributed by atoms with van der Waals surface area (Å²) in [5.41, 5.74) is -4.46. The summed E-state index contributed by atoms with van der Waals surface area (Å²) in [6.45, 7) is 22.2. The molecule has 2 amide bonds. The summed E-state index contributed by atoms with van der Waals surface area (Å²) in [5, 5.41) is 71.2. The van der Waals surface area contributed by atoms with Crippen molar-refractivity contribution in [3.8, 4) is 5.75 Å². The van der Waals surface area contributed by atoms with Gasteiger partial charge < -0.3 is 78.9 Å². The van der Waals surface area contributed by atoms with E-state index in [1.807, 2.05) is 63.2 Å². The van der Waals surface area contributed by atoms with Crippen LogP contribution in [-0.2, 0) is 47.6 Å². The number of carboxylic acids is 1. The number of aliphatic hydroxyl groups excluding tert-OH is 3. The van der Waals surface area contributed by atoms with Gasteiger partial charge in [0.25, 0.3) is 5.91 Å². The molecule has 2 aromatic rings.